The number of hydrogen-bond acceptors (Lipinski definition) is 3. The molecule has 3 rings (SSSR count). The topological polar surface area (TPSA) is 70.7 Å². The average Bonchev–Trinajstić information content (AvgIpc) is 3.02. The van der Waals surface area contributed by atoms with E-state index in [9.17, 15) is 4.79 Å². The maximum Gasteiger partial charge on any atom is 0.255 e. The second-order valence-corrected chi connectivity index (χ2v) is 6.23. The van der Waals surface area contributed by atoms with Crippen LogP contribution in [0.1, 0.15) is 15.9 Å². The Bertz CT molecular complexity index is 944. The van der Waals surface area contributed by atoms with E-state index in [-0.39, 0.29) is 5.91 Å². The molecule has 0 atom stereocenters. The van der Waals surface area contributed by atoms with Crippen LogP contribution in [0, 0.1) is 11.3 Å². The molecule has 1 amide bonds. The molecular formula is C17H10BrClN4O. The lowest BCUT2D eigenvalue weighted by molar-refractivity contribution is 0.102. The Hall–Kier alpha value is -2.62. The van der Waals surface area contributed by atoms with E-state index in [0.717, 1.165) is 10.2 Å². The SMILES string of the molecule is N#Cc1ccc(NC(=O)c2ccc(-n3cc(Br)cn3)cc2)cc1Cl. The molecule has 3 aromatic rings. The number of carbonyl (C=O) groups excluding carboxylic acids is 1. The minimum absolute atomic E-state index is 0.260. The summed E-state index contributed by atoms with van der Waals surface area (Å²) in [6.07, 6.45) is 3.52. The van der Waals surface area contributed by atoms with Gasteiger partial charge in [0.1, 0.15) is 6.07 Å². The number of nitrogens with zero attached hydrogens (tertiary/aromatic N) is 3. The molecule has 7 heteroatoms. The molecule has 24 heavy (non-hydrogen) atoms. The van der Waals surface area contributed by atoms with Gasteiger partial charge in [-0.05, 0) is 58.4 Å². The maximum atomic E-state index is 12.3. The summed E-state index contributed by atoms with van der Waals surface area (Å²) in [5, 5.41) is 16.1. The minimum Gasteiger partial charge on any atom is -0.322 e. The molecule has 0 saturated heterocycles. The summed E-state index contributed by atoms with van der Waals surface area (Å²) in [7, 11) is 0. The Labute approximate surface area is 151 Å². The molecule has 118 valence electrons. The van der Waals surface area contributed by atoms with Crippen molar-refractivity contribution in [3.05, 3.63) is 75.5 Å². The normalized spacial score (nSPS) is 10.2. The fourth-order valence-corrected chi connectivity index (χ4v) is 2.60. The number of hydrogen-bond donors (Lipinski definition) is 1. The summed E-state index contributed by atoms with van der Waals surface area (Å²) < 4.78 is 2.58. The second-order valence-electron chi connectivity index (χ2n) is 4.91. The lowest BCUT2D eigenvalue weighted by Gasteiger charge is -2.07. The minimum atomic E-state index is -0.260. The molecule has 0 aliphatic carbocycles. The maximum absolute atomic E-state index is 12.3. The van der Waals surface area contributed by atoms with Gasteiger partial charge < -0.3 is 5.32 Å². The van der Waals surface area contributed by atoms with Crippen molar-refractivity contribution in [3.63, 3.8) is 0 Å². The van der Waals surface area contributed by atoms with Crippen LogP contribution in [-0.4, -0.2) is 15.7 Å². The van der Waals surface area contributed by atoms with Crippen molar-refractivity contribution in [2.75, 3.05) is 5.32 Å². The zero-order chi connectivity index (χ0) is 17.1. The number of nitriles is 1. The van der Waals surface area contributed by atoms with E-state index in [0.29, 0.717) is 21.8 Å². The average molecular weight is 402 g/mol. The Morgan fingerprint density at radius 2 is 2.00 bits per heavy atom. The summed E-state index contributed by atoms with van der Waals surface area (Å²) >= 11 is 9.30. The van der Waals surface area contributed by atoms with E-state index >= 15 is 0 Å². The lowest BCUT2D eigenvalue weighted by Crippen LogP contribution is -2.12. The van der Waals surface area contributed by atoms with Crippen molar-refractivity contribution in [1.82, 2.24) is 9.78 Å². The summed E-state index contributed by atoms with van der Waals surface area (Å²) in [5.74, 6) is -0.260. The van der Waals surface area contributed by atoms with Crippen molar-refractivity contribution in [3.8, 4) is 11.8 Å². The van der Waals surface area contributed by atoms with Gasteiger partial charge in [-0.15, -0.1) is 0 Å². The highest BCUT2D eigenvalue weighted by Gasteiger charge is 2.08. The zero-order valence-corrected chi connectivity index (χ0v) is 14.5. The third-order valence-corrected chi connectivity index (χ3v) is 4.01. The van der Waals surface area contributed by atoms with Crippen LogP contribution in [0.5, 0.6) is 0 Å². The summed E-state index contributed by atoms with van der Waals surface area (Å²) in [5.41, 5.74) is 2.25. The van der Waals surface area contributed by atoms with Crippen LogP contribution in [0.25, 0.3) is 5.69 Å². The third kappa shape index (κ3) is 3.48. The summed E-state index contributed by atoms with van der Waals surface area (Å²) in [4.78, 5) is 12.3. The van der Waals surface area contributed by atoms with Gasteiger partial charge in [0.05, 0.1) is 26.9 Å². The Morgan fingerprint density at radius 3 is 2.58 bits per heavy atom. The predicted molar refractivity (Wildman–Crippen MR) is 95.4 cm³/mol. The van der Waals surface area contributed by atoms with Crippen LogP contribution in [0.4, 0.5) is 5.69 Å². The fourth-order valence-electron chi connectivity index (χ4n) is 2.09. The molecule has 0 radical (unpaired) electrons. The third-order valence-electron chi connectivity index (χ3n) is 3.29. The molecule has 0 fully saturated rings. The first-order chi connectivity index (χ1) is 11.6. The molecule has 0 aliphatic rings. The van der Waals surface area contributed by atoms with Crippen LogP contribution in [-0.2, 0) is 0 Å². The van der Waals surface area contributed by atoms with Gasteiger partial charge in [0.25, 0.3) is 5.91 Å². The van der Waals surface area contributed by atoms with Gasteiger partial charge in [0, 0.05) is 17.4 Å². The van der Waals surface area contributed by atoms with Gasteiger partial charge in [-0.3, -0.25) is 4.79 Å². The first-order valence-electron chi connectivity index (χ1n) is 6.88. The molecule has 1 aromatic heterocycles. The van der Waals surface area contributed by atoms with Crippen LogP contribution in [0.3, 0.4) is 0 Å². The molecule has 5 nitrogen and oxygen atoms in total. The van der Waals surface area contributed by atoms with Crippen LogP contribution < -0.4 is 5.32 Å². The number of amides is 1. The highest BCUT2D eigenvalue weighted by atomic mass is 79.9. The van der Waals surface area contributed by atoms with Gasteiger partial charge in [-0.25, -0.2) is 4.68 Å². The molecular weight excluding hydrogens is 392 g/mol. The van der Waals surface area contributed by atoms with Crippen molar-refractivity contribution in [2.45, 2.75) is 0 Å². The van der Waals surface area contributed by atoms with Gasteiger partial charge in [-0.1, -0.05) is 11.6 Å². The Balaban J connectivity index is 1.76. The van der Waals surface area contributed by atoms with Crippen LogP contribution >= 0.6 is 27.5 Å². The largest absolute Gasteiger partial charge is 0.322 e. The first-order valence-corrected chi connectivity index (χ1v) is 8.05. The highest BCUT2D eigenvalue weighted by Crippen LogP contribution is 2.21. The number of halogens is 2. The van der Waals surface area contributed by atoms with Gasteiger partial charge in [0.2, 0.25) is 0 Å². The molecule has 0 bridgehead atoms. The highest BCUT2D eigenvalue weighted by molar-refractivity contribution is 9.10. The molecule has 0 aliphatic heterocycles. The zero-order valence-electron chi connectivity index (χ0n) is 12.2. The lowest BCUT2D eigenvalue weighted by atomic mass is 10.1. The molecule has 2 aromatic carbocycles. The Morgan fingerprint density at radius 1 is 1.25 bits per heavy atom. The van der Waals surface area contributed by atoms with Gasteiger partial charge in [-0.2, -0.15) is 10.4 Å². The predicted octanol–water partition coefficient (Wildman–Crippen LogP) is 4.41. The van der Waals surface area contributed by atoms with E-state index in [1.54, 1.807) is 53.3 Å². The van der Waals surface area contributed by atoms with Crippen molar-refractivity contribution in [2.24, 2.45) is 0 Å². The number of rotatable bonds is 3. The molecule has 1 heterocycles. The Kier molecular flexibility index (Phi) is 4.65. The standard InChI is InChI=1S/C17H10BrClN4O/c18-13-9-21-23(10-13)15-5-2-11(3-6-15)17(24)22-14-4-1-12(8-20)16(19)7-14/h1-7,9-10H,(H,22,24). The van der Waals surface area contributed by atoms with E-state index in [4.69, 9.17) is 16.9 Å². The molecule has 0 unspecified atom stereocenters. The van der Waals surface area contributed by atoms with E-state index in [1.165, 1.54) is 0 Å². The number of anilines is 1. The number of carbonyl (C=O) groups is 1. The fraction of sp³-hybridized carbons (Fsp3) is 0. The van der Waals surface area contributed by atoms with E-state index in [2.05, 4.69) is 26.3 Å². The second kappa shape index (κ2) is 6.87. The molecule has 1 N–H and O–H groups in total. The molecule has 0 saturated carbocycles. The monoisotopic (exact) mass is 400 g/mol. The van der Waals surface area contributed by atoms with Crippen LogP contribution in [0.2, 0.25) is 5.02 Å². The summed E-state index contributed by atoms with van der Waals surface area (Å²) in [6.45, 7) is 0. The van der Waals surface area contributed by atoms with Crippen molar-refractivity contribution < 1.29 is 4.79 Å². The van der Waals surface area contributed by atoms with Gasteiger partial charge in [0.15, 0.2) is 0 Å². The van der Waals surface area contributed by atoms with E-state index < -0.39 is 0 Å². The van der Waals surface area contributed by atoms with Crippen molar-refractivity contribution in [1.29, 1.82) is 5.26 Å². The number of nitrogens with one attached hydrogen (secondary N) is 1. The van der Waals surface area contributed by atoms with Gasteiger partial charge >= 0.3 is 0 Å². The quantitative estimate of drug-likeness (QED) is 0.706. The number of benzene rings is 2. The summed E-state index contributed by atoms with van der Waals surface area (Å²) in [6, 6.07) is 13.8. The smallest absolute Gasteiger partial charge is 0.255 e. The molecule has 0 spiro atoms. The first kappa shape index (κ1) is 16.2. The van der Waals surface area contributed by atoms with Crippen molar-refractivity contribution >= 4 is 39.1 Å². The van der Waals surface area contributed by atoms with E-state index in [1.807, 2.05) is 12.3 Å². The van der Waals surface area contributed by atoms with Crippen LogP contribution in [0.15, 0.2) is 59.3 Å². The number of aromatic nitrogens is 2.